The Hall–Kier alpha value is -3.13. The zero-order valence-electron chi connectivity index (χ0n) is 18.4. The Labute approximate surface area is 182 Å². The number of likely N-dealkylation sites (tertiary alicyclic amines) is 1. The molecule has 8 heteroatoms. The Morgan fingerprint density at radius 3 is 3.00 bits per heavy atom. The average molecular weight is 426 g/mol. The fraction of sp³-hybridized carbons (Fsp3) is 0.435. The maximum atomic E-state index is 12.5. The predicted molar refractivity (Wildman–Crippen MR) is 122 cm³/mol. The third kappa shape index (κ3) is 6.42. The van der Waals surface area contributed by atoms with Gasteiger partial charge in [0.05, 0.1) is 7.11 Å². The SMILES string of the molecule is COc1cc(-c2c[nH]c(=O)c(N[C@@H]3CCCN(C(=O)C=CCNC(C)C)C3)c2)ccn1. The number of H-pyrrole nitrogens is 1. The van der Waals surface area contributed by atoms with E-state index in [9.17, 15) is 9.59 Å². The standard InChI is InChI=1S/C23H31N5O3/c1-16(2)24-9-4-7-22(29)28-11-5-6-19(15-28)27-20-12-18(14-26-23(20)30)17-8-10-25-21(13-17)31-3/h4,7-8,10,12-14,16,19,24,27H,5-6,9,11,15H2,1-3H3,(H,26,30)/t19-/m1/s1. The van der Waals surface area contributed by atoms with Crippen molar-refractivity contribution < 1.29 is 9.53 Å². The van der Waals surface area contributed by atoms with Gasteiger partial charge in [-0.2, -0.15) is 0 Å². The molecule has 3 rings (SSSR count). The number of methoxy groups -OCH3 is 1. The second-order valence-corrected chi connectivity index (χ2v) is 7.95. The quantitative estimate of drug-likeness (QED) is 0.562. The predicted octanol–water partition coefficient (Wildman–Crippen LogP) is 2.40. The van der Waals surface area contributed by atoms with Crippen LogP contribution < -0.4 is 20.9 Å². The summed E-state index contributed by atoms with van der Waals surface area (Å²) in [6.45, 7) is 6.09. The van der Waals surface area contributed by atoms with E-state index in [0.717, 1.165) is 30.5 Å². The molecule has 0 unspecified atom stereocenters. The van der Waals surface area contributed by atoms with Crippen molar-refractivity contribution in [2.45, 2.75) is 38.8 Å². The molecule has 3 heterocycles. The number of carbonyl (C=O) groups excluding carboxylic acids is 1. The number of pyridine rings is 2. The van der Waals surface area contributed by atoms with Gasteiger partial charge in [-0.15, -0.1) is 0 Å². The van der Waals surface area contributed by atoms with E-state index in [4.69, 9.17) is 4.74 Å². The molecule has 1 fully saturated rings. The van der Waals surface area contributed by atoms with E-state index in [2.05, 4.69) is 34.4 Å². The minimum absolute atomic E-state index is 0.00333. The highest BCUT2D eigenvalue weighted by Gasteiger charge is 2.23. The van der Waals surface area contributed by atoms with Crippen molar-refractivity contribution in [3.63, 3.8) is 0 Å². The third-order valence-electron chi connectivity index (χ3n) is 5.18. The highest BCUT2D eigenvalue weighted by atomic mass is 16.5. The number of nitrogens with one attached hydrogen (secondary N) is 3. The number of nitrogens with zero attached hydrogens (tertiary/aromatic N) is 2. The van der Waals surface area contributed by atoms with E-state index in [1.807, 2.05) is 29.2 Å². The van der Waals surface area contributed by atoms with Crippen LogP contribution in [0.1, 0.15) is 26.7 Å². The largest absolute Gasteiger partial charge is 0.481 e. The third-order valence-corrected chi connectivity index (χ3v) is 5.18. The van der Waals surface area contributed by atoms with Gasteiger partial charge in [-0.1, -0.05) is 19.9 Å². The second-order valence-electron chi connectivity index (χ2n) is 7.95. The van der Waals surface area contributed by atoms with E-state index in [-0.39, 0.29) is 17.5 Å². The summed E-state index contributed by atoms with van der Waals surface area (Å²) >= 11 is 0. The number of anilines is 1. The number of hydrogen-bond donors (Lipinski definition) is 3. The van der Waals surface area contributed by atoms with E-state index in [1.54, 1.807) is 25.6 Å². The van der Waals surface area contributed by atoms with Crippen LogP contribution in [-0.2, 0) is 4.79 Å². The molecule has 1 amide bonds. The fourth-order valence-electron chi connectivity index (χ4n) is 3.54. The van der Waals surface area contributed by atoms with Crippen molar-refractivity contribution in [1.82, 2.24) is 20.2 Å². The van der Waals surface area contributed by atoms with Gasteiger partial charge in [0.1, 0.15) is 5.69 Å². The lowest BCUT2D eigenvalue weighted by molar-refractivity contribution is -0.127. The Kier molecular flexibility index (Phi) is 7.83. The molecule has 0 aromatic carbocycles. The molecule has 1 aliphatic rings. The van der Waals surface area contributed by atoms with Crippen molar-refractivity contribution in [1.29, 1.82) is 0 Å². The van der Waals surface area contributed by atoms with Crippen LogP contribution in [0.3, 0.4) is 0 Å². The minimum atomic E-state index is -0.187. The topological polar surface area (TPSA) is 99.4 Å². The number of aromatic amines is 1. The first kappa shape index (κ1) is 22.6. The van der Waals surface area contributed by atoms with Gasteiger partial charge in [0.15, 0.2) is 0 Å². The first-order valence-electron chi connectivity index (χ1n) is 10.6. The Morgan fingerprint density at radius 2 is 2.23 bits per heavy atom. The molecule has 166 valence electrons. The van der Waals surface area contributed by atoms with Gasteiger partial charge in [0.2, 0.25) is 11.8 Å². The molecule has 0 saturated carbocycles. The maximum absolute atomic E-state index is 12.5. The van der Waals surface area contributed by atoms with E-state index in [0.29, 0.717) is 30.7 Å². The van der Waals surface area contributed by atoms with Crippen LogP contribution in [0.5, 0.6) is 5.88 Å². The van der Waals surface area contributed by atoms with Gasteiger partial charge in [0, 0.05) is 61.8 Å². The summed E-state index contributed by atoms with van der Waals surface area (Å²) in [6, 6.07) is 5.90. The van der Waals surface area contributed by atoms with E-state index < -0.39 is 0 Å². The zero-order chi connectivity index (χ0) is 22.2. The summed E-state index contributed by atoms with van der Waals surface area (Å²) in [7, 11) is 1.57. The molecule has 8 nitrogen and oxygen atoms in total. The molecule has 0 radical (unpaired) electrons. The van der Waals surface area contributed by atoms with Gasteiger partial charge in [0.25, 0.3) is 5.56 Å². The highest BCUT2D eigenvalue weighted by Crippen LogP contribution is 2.23. The van der Waals surface area contributed by atoms with Crippen LogP contribution in [0.15, 0.2) is 47.5 Å². The molecular formula is C23H31N5O3. The van der Waals surface area contributed by atoms with Crippen LogP contribution >= 0.6 is 0 Å². The molecule has 0 spiro atoms. The molecule has 3 N–H and O–H groups in total. The van der Waals surface area contributed by atoms with Crippen LogP contribution in [-0.4, -0.2) is 59.6 Å². The van der Waals surface area contributed by atoms with Gasteiger partial charge in [-0.3, -0.25) is 9.59 Å². The van der Waals surface area contributed by atoms with Crippen LogP contribution in [0.25, 0.3) is 11.1 Å². The number of aromatic nitrogens is 2. The molecule has 1 saturated heterocycles. The van der Waals surface area contributed by atoms with Crippen LogP contribution in [0.4, 0.5) is 5.69 Å². The maximum Gasteiger partial charge on any atom is 0.271 e. The Bertz CT molecular complexity index is 970. The molecule has 1 atom stereocenters. The normalized spacial score (nSPS) is 16.6. The van der Waals surface area contributed by atoms with Crippen LogP contribution in [0, 0.1) is 0 Å². The molecule has 1 aliphatic heterocycles. The van der Waals surface area contributed by atoms with Gasteiger partial charge < -0.3 is 25.3 Å². The summed E-state index contributed by atoms with van der Waals surface area (Å²) in [5, 5.41) is 6.59. The lowest BCUT2D eigenvalue weighted by Crippen LogP contribution is -2.45. The molecule has 2 aromatic heterocycles. The summed E-state index contributed by atoms with van der Waals surface area (Å²) in [4.78, 5) is 33.6. The number of amides is 1. The average Bonchev–Trinajstić information content (AvgIpc) is 2.78. The number of piperidine rings is 1. The van der Waals surface area contributed by atoms with Crippen LogP contribution in [0.2, 0.25) is 0 Å². The van der Waals surface area contributed by atoms with E-state index in [1.165, 1.54) is 0 Å². The lowest BCUT2D eigenvalue weighted by Gasteiger charge is -2.33. The lowest BCUT2D eigenvalue weighted by atomic mass is 10.0. The minimum Gasteiger partial charge on any atom is -0.481 e. The fourth-order valence-corrected chi connectivity index (χ4v) is 3.54. The van der Waals surface area contributed by atoms with E-state index >= 15 is 0 Å². The first-order chi connectivity index (χ1) is 15.0. The second kappa shape index (κ2) is 10.8. The van der Waals surface area contributed by atoms with Gasteiger partial charge in [-0.25, -0.2) is 4.98 Å². The zero-order valence-corrected chi connectivity index (χ0v) is 18.4. The van der Waals surface area contributed by atoms with Gasteiger partial charge in [-0.05, 0) is 30.5 Å². The molecular weight excluding hydrogens is 394 g/mol. The molecule has 2 aromatic rings. The highest BCUT2D eigenvalue weighted by molar-refractivity contribution is 5.87. The monoisotopic (exact) mass is 425 g/mol. The number of hydrogen-bond acceptors (Lipinski definition) is 6. The van der Waals surface area contributed by atoms with Crippen molar-refractivity contribution in [3.8, 4) is 17.0 Å². The number of carbonyl (C=O) groups is 1. The Morgan fingerprint density at radius 1 is 1.39 bits per heavy atom. The van der Waals surface area contributed by atoms with Gasteiger partial charge >= 0.3 is 0 Å². The summed E-state index contributed by atoms with van der Waals surface area (Å²) in [5.41, 5.74) is 2.05. The van der Waals surface area contributed by atoms with Crippen molar-refractivity contribution >= 4 is 11.6 Å². The summed E-state index contributed by atoms with van der Waals surface area (Å²) < 4.78 is 5.19. The van der Waals surface area contributed by atoms with Crippen molar-refractivity contribution in [2.75, 3.05) is 32.1 Å². The summed E-state index contributed by atoms with van der Waals surface area (Å²) in [5.74, 6) is 0.514. The van der Waals surface area contributed by atoms with Crippen molar-refractivity contribution in [3.05, 3.63) is 53.1 Å². The number of ether oxygens (including phenoxy) is 1. The summed E-state index contributed by atoms with van der Waals surface area (Å²) in [6.07, 6.45) is 8.62. The van der Waals surface area contributed by atoms with Crippen molar-refractivity contribution in [2.24, 2.45) is 0 Å². The molecule has 0 bridgehead atoms. The Balaban J connectivity index is 1.66. The molecule has 0 aliphatic carbocycles. The first-order valence-corrected chi connectivity index (χ1v) is 10.6. The number of rotatable bonds is 8. The molecule has 31 heavy (non-hydrogen) atoms. The smallest absolute Gasteiger partial charge is 0.271 e.